The summed E-state index contributed by atoms with van der Waals surface area (Å²) in [6, 6.07) is 11.3. The van der Waals surface area contributed by atoms with E-state index in [9.17, 15) is 0 Å². The van der Waals surface area contributed by atoms with E-state index < -0.39 is 0 Å². The van der Waals surface area contributed by atoms with E-state index >= 15 is 0 Å². The molecule has 0 saturated heterocycles. The number of aryl methyl sites for hydroxylation is 1. The monoisotopic (exact) mass is 404 g/mol. The number of methoxy groups -OCH3 is 3. The second-order valence-corrected chi connectivity index (χ2v) is 6.46. The molecule has 0 saturated carbocycles. The Kier molecular flexibility index (Phi) is 6.64. The van der Waals surface area contributed by atoms with Crippen molar-refractivity contribution in [3.8, 4) is 28.5 Å². The molecule has 0 atom stereocenters. The van der Waals surface area contributed by atoms with Crippen molar-refractivity contribution < 1.29 is 14.2 Å². The molecule has 0 amide bonds. The zero-order chi connectivity index (χ0) is 21.5. The maximum Gasteiger partial charge on any atom is 0.123 e. The van der Waals surface area contributed by atoms with Crippen molar-refractivity contribution in [1.29, 1.82) is 0 Å². The number of benzene rings is 2. The lowest BCUT2D eigenvalue weighted by Crippen LogP contribution is -2.06. The number of aromatic nitrogens is 2. The number of ether oxygens (including phenoxy) is 3. The minimum Gasteiger partial charge on any atom is -0.497 e. The Balaban J connectivity index is 1.75. The van der Waals surface area contributed by atoms with E-state index in [1.165, 1.54) is 0 Å². The molecular formula is C23H24N4O3. The van der Waals surface area contributed by atoms with E-state index in [2.05, 4.69) is 27.1 Å². The van der Waals surface area contributed by atoms with Gasteiger partial charge >= 0.3 is 0 Å². The average Bonchev–Trinajstić information content (AvgIpc) is 2.78. The lowest BCUT2D eigenvalue weighted by Gasteiger charge is -2.10. The van der Waals surface area contributed by atoms with Gasteiger partial charge in [-0.15, -0.1) is 0 Å². The molecule has 1 aromatic heterocycles. The van der Waals surface area contributed by atoms with Gasteiger partial charge in [-0.2, -0.15) is 5.10 Å². The molecule has 3 aromatic rings. The summed E-state index contributed by atoms with van der Waals surface area (Å²) in [4.78, 5) is 8.96. The summed E-state index contributed by atoms with van der Waals surface area (Å²) in [5.74, 6) is 2.17. The Hall–Kier alpha value is -3.87. The van der Waals surface area contributed by atoms with Crippen LogP contribution >= 0.6 is 0 Å². The first-order chi connectivity index (χ1) is 14.5. The standard InChI is InChI=1S/C23H24N4O3/c1-15-8-18(28-3)6-7-21(15)23-14-24-13-22(26-23)16(2)27-25-12-17-9-19(29-4)11-20(10-17)30-5/h6-14,27H,2H2,1,3-5H3/b25-12+. The van der Waals surface area contributed by atoms with Crippen molar-refractivity contribution in [3.05, 3.63) is 72.2 Å². The molecule has 1 N–H and O–H groups in total. The van der Waals surface area contributed by atoms with Crippen LogP contribution in [0.5, 0.6) is 17.2 Å². The maximum absolute atomic E-state index is 5.27. The predicted octanol–water partition coefficient (Wildman–Crippen LogP) is 4.07. The molecule has 0 fully saturated rings. The van der Waals surface area contributed by atoms with Crippen molar-refractivity contribution in [2.75, 3.05) is 21.3 Å². The van der Waals surface area contributed by atoms with Crippen LogP contribution in [0.1, 0.15) is 16.8 Å². The summed E-state index contributed by atoms with van der Waals surface area (Å²) >= 11 is 0. The third kappa shape index (κ3) is 4.94. The number of nitrogens with zero attached hydrogens (tertiary/aromatic N) is 3. The molecule has 0 aliphatic heterocycles. The fourth-order valence-electron chi connectivity index (χ4n) is 2.84. The Labute approximate surface area is 176 Å². The van der Waals surface area contributed by atoms with Crippen molar-refractivity contribution in [2.24, 2.45) is 5.10 Å². The van der Waals surface area contributed by atoms with Crippen LogP contribution in [-0.4, -0.2) is 37.5 Å². The SMILES string of the molecule is C=C(N/N=C/c1cc(OC)cc(OC)c1)c1cncc(-c2ccc(OC)cc2C)n1. The van der Waals surface area contributed by atoms with Gasteiger partial charge in [-0.05, 0) is 42.8 Å². The normalized spacial score (nSPS) is 10.7. The van der Waals surface area contributed by atoms with Gasteiger partial charge in [0, 0.05) is 17.2 Å². The molecule has 1 heterocycles. The summed E-state index contributed by atoms with van der Waals surface area (Å²) in [6.45, 7) is 6.02. The molecule has 3 rings (SSSR count). The van der Waals surface area contributed by atoms with Crippen LogP contribution in [-0.2, 0) is 0 Å². The Morgan fingerprint density at radius 3 is 2.30 bits per heavy atom. The quantitative estimate of drug-likeness (QED) is 0.450. The zero-order valence-electron chi connectivity index (χ0n) is 17.5. The summed E-state index contributed by atoms with van der Waals surface area (Å²) in [6.07, 6.45) is 5.01. The highest BCUT2D eigenvalue weighted by atomic mass is 16.5. The highest BCUT2D eigenvalue weighted by Gasteiger charge is 2.08. The second kappa shape index (κ2) is 9.56. The van der Waals surface area contributed by atoms with Gasteiger partial charge in [0.05, 0.1) is 51.3 Å². The van der Waals surface area contributed by atoms with E-state index in [1.54, 1.807) is 46.0 Å². The molecular weight excluding hydrogens is 380 g/mol. The van der Waals surface area contributed by atoms with E-state index in [1.807, 2.05) is 37.3 Å². The largest absolute Gasteiger partial charge is 0.497 e. The first kappa shape index (κ1) is 20.9. The van der Waals surface area contributed by atoms with Crippen LogP contribution in [0.4, 0.5) is 0 Å². The summed E-state index contributed by atoms with van der Waals surface area (Å²) in [5.41, 5.74) is 7.62. The molecule has 0 aliphatic rings. The fourth-order valence-corrected chi connectivity index (χ4v) is 2.84. The summed E-state index contributed by atoms with van der Waals surface area (Å²) in [7, 11) is 4.85. The topological polar surface area (TPSA) is 77.9 Å². The van der Waals surface area contributed by atoms with Crippen LogP contribution in [0.3, 0.4) is 0 Å². The molecule has 0 aliphatic carbocycles. The fraction of sp³-hybridized carbons (Fsp3) is 0.174. The lowest BCUT2D eigenvalue weighted by atomic mass is 10.1. The Morgan fingerprint density at radius 2 is 1.67 bits per heavy atom. The number of rotatable bonds is 8. The predicted molar refractivity (Wildman–Crippen MR) is 118 cm³/mol. The van der Waals surface area contributed by atoms with Crippen LogP contribution in [0.2, 0.25) is 0 Å². The third-order valence-electron chi connectivity index (χ3n) is 4.44. The summed E-state index contributed by atoms with van der Waals surface area (Å²) < 4.78 is 15.8. The van der Waals surface area contributed by atoms with Crippen molar-refractivity contribution >= 4 is 11.9 Å². The molecule has 154 valence electrons. The lowest BCUT2D eigenvalue weighted by molar-refractivity contribution is 0.394. The smallest absolute Gasteiger partial charge is 0.123 e. The maximum atomic E-state index is 5.27. The van der Waals surface area contributed by atoms with Crippen LogP contribution < -0.4 is 19.6 Å². The molecule has 7 heteroatoms. The van der Waals surface area contributed by atoms with Gasteiger partial charge in [0.1, 0.15) is 22.9 Å². The Morgan fingerprint density at radius 1 is 0.967 bits per heavy atom. The van der Waals surface area contributed by atoms with Gasteiger partial charge in [-0.3, -0.25) is 10.4 Å². The highest BCUT2D eigenvalue weighted by Crippen LogP contribution is 2.26. The minimum absolute atomic E-state index is 0.529. The number of nitrogens with one attached hydrogen (secondary N) is 1. The van der Waals surface area contributed by atoms with E-state index in [4.69, 9.17) is 14.2 Å². The molecule has 0 bridgehead atoms. The van der Waals surface area contributed by atoms with Crippen molar-refractivity contribution in [1.82, 2.24) is 15.4 Å². The van der Waals surface area contributed by atoms with Gasteiger partial charge in [0.2, 0.25) is 0 Å². The van der Waals surface area contributed by atoms with Gasteiger partial charge in [0.25, 0.3) is 0 Å². The average molecular weight is 404 g/mol. The molecule has 30 heavy (non-hydrogen) atoms. The first-order valence-electron chi connectivity index (χ1n) is 9.22. The molecule has 0 spiro atoms. The molecule has 2 aromatic carbocycles. The van der Waals surface area contributed by atoms with Gasteiger partial charge in [0.15, 0.2) is 0 Å². The van der Waals surface area contributed by atoms with Gasteiger partial charge in [-0.25, -0.2) is 4.98 Å². The van der Waals surface area contributed by atoms with Crippen molar-refractivity contribution in [3.63, 3.8) is 0 Å². The van der Waals surface area contributed by atoms with Gasteiger partial charge < -0.3 is 14.2 Å². The molecule has 7 nitrogen and oxygen atoms in total. The van der Waals surface area contributed by atoms with Crippen molar-refractivity contribution in [2.45, 2.75) is 6.92 Å². The summed E-state index contributed by atoms with van der Waals surface area (Å²) in [5, 5.41) is 4.24. The number of hydrazone groups is 1. The van der Waals surface area contributed by atoms with Gasteiger partial charge in [-0.1, -0.05) is 6.58 Å². The molecule has 0 unspecified atom stereocenters. The van der Waals surface area contributed by atoms with Crippen LogP contribution in [0, 0.1) is 6.92 Å². The van der Waals surface area contributed by atoms with E-state index in [0.717, 1.165) is 28.1 Å². The Bertz CT molecular complexity index is 1060. The van der Waals surface area contributed by atoms with Crippen LogP contribution in [0.15, 0.2) is 60.5 Å². The number of hydrogen-bond donors (Lipinski definition) is 1. The third-order valence-corrected chi connectivity index (χ3v) is 4.44. The first-order valence-corrected chi connectivity index (χ1v) is 9.22. The minimum atomic E-state index is 0.529. The highest BCUT2D eigenvalue weighted by molar-refractivity contribution is 5.81. The molecule has 0 radical (unpaired) electrons. The number of hydrogen-bond acceptors (Lipinski definition) is 7. The van der Waals surface area contributed by atoms with Crippen LogP contribution in [0.25, 0.3) is 17.0 Å². The second-order valence-electron chi connectivity index (χ2n) is 6.46. The van der Waals surface area contributed by atoms with E-state index in [-0.39, 0.29) is 0 Å². The van der Waals surface area contributed by atoms with E-state index in [0.29, 0.717) is 22.9 Å². The zero-order valence-corrected chi connectivity index (χ0v) is 17.5.